The van der Waals surface area contributed by atoms with Gasteiger partial charge in [0.15, 0.2) is 5.82 Å². The van der Waals surface area contributed by atoms with E-state index < -0.39 is 0 Å². The Kier molecular flexibility index (Phi) is 5.88. The lowest BCUT2D eigenvalue weighted by Gasteiger charge is -2.22. The second-order valence-electron chi connectivity index (χ2n) is 6.46. The minimum Gasteiger partial charge on any atom is -0.493 e. The molecule has 140 valence electrons. The highest BCUT2D eigenvalue weighted by Gasteiger charge is 2.30. The van der Waals surface area contributed by atoms with E-state index in [1.54, 1.807) is 0 Å². The summed E-state index contributed by atoms with van der Waals surface area (Å²) in [4.78, 5) is 17.9. The minimum absolute atomic E-state index is 0.152. The lowest BCUT2D eigenvalue weighted by Crippen LogP contribution is -2.23. The van der Waals surface area contributed by atoms with Crippen LogP contribution in [0.2, 0.25) is 0 Å². The van der Waals surface area contributed by atoms with Gasteiger partial charge < -0.3 is 14.0 Å². The number of hydrogen-bond acceptors (Lipinski definition) is 7. The third-order valence-corrected chi connectivity index (χ3v) is 4.43. The van der Waals surface area contributed by atoms with Gasteiger partial charge in [0.2, 0.25) is 5.89 Å². The van der Waals surface area contributed by atoms with Crippen LogP contribution in [0.4, 0.5) is 0 Å². The predicted molar refractivity (Wildman–Crippen MR) is 94.5 cm³/mol. The fraction of sp³-hybridized carbons (Fsp3) is 0.526. The number of hydrogen-bond donors (Lipinski definition) is 0. The van der Waals surface area contributed by atoms with Crippen LogP contribution in [0, 0.1) is 6.92 Å². The molecule has 1 aromatic heterocycles. The van der Waals surface area contributed by atoms with Crippen LogP contribution in [0.25, 0.3) is 0 Å². The molecule has 7 nitrogen and oxygen atoms in total. The Bertz CT molecular complexity index is 759. The Morgan fingerprint density at radius 3 is 2.96 bits per heavy atom. The molecule has 3 rings (SSSR count). The van der Waals surface area contributed by atoms with Crippen LogP contribution < -0.4 is 4.74 Å². The van der Waals surface area contributed by atoms with Crippen LogP contribution in [0.1, 0.15) is 55.6 Å². The van der Waals surface area contributed by atoms with Crippen molar-refractivity contribution < 1.29 is 18.8 Å². The summed E-state index contributed by atoms with van der Waals surface area (Å²) < 4.78 is 16.2. The highest BCUT2D eigenvalue weighted by Crippen LogP contribution is 2.33. The first-order valence-corrected chi connectivity index (χ1v) is 8.99. The van der Waals surface area contributed by atoms with Crippen LogP contribution in [0.5, 0.6) is 5.75 Å². The van der Waals surface area contributed by atoms with E-state index in [4.69, 9.17) is 14.0 Å². The van der Waals surface area contributed by atoms with Crippen molar-refractivity contribution in [2.45, 2.75) is 52.8 Å². The molecule has 0 radical (unpaired) electrons. The van der Waals surface area contributed by atoms with Gasteiger partial charge in [-0.15, -0.1) is 0 Å². The molecule has 1 fully saturated rings. The minimum atomic E-state index is -0.302. The first-order valence-electron chi connectivity index (χ1n) is 8.99. The average molecular weight is 359 g/mol. The van der Waals surface area contributed by atoms with E-state index in [9.17, 15) is 4.79 Å². The fourth-order valence-corrected chi connectivity index (χ4v) is 3.30. The molecule has 0 aliphatic carbocycles. The van der Waals surface area contributed by atoms with Crippen LogP contribution >= 0.6 is 0 Å². The van der Waals surface area contributed by atoms with Gasteiger partial charge in [0.05, 0.1) is 12.6 Å². The molecule has 1 aliphatic heterocycles. The summed E-state index contributed by atoms with van der Waals surface area (Å²) in [6.07, 6.45) is 2.11. The molecule has 1 atom stereocenters. The Balaban J connectivity index is 1.75. The number of carbonyl (C=O) groups excluding carboxylic acids is 1. The second kappa shape index (κ2) is 8.31. The van der Waals surface area contributed by atoms with Crippen molar-refractivity contribution in [2.75, 3.05) is 13.2 Å². The third kappa shape index (κ3) is 4.40. The molecule has 26 heavy (non-hydrogen) atoms. The summed E-state index contributed by atoms with van der Waals surface area (Å²) in [5.74, 6) is 1.80. The molecule has 0 unspecified atom stereocenters. The number of aryl methyl sites for hydroxylation is 1. The van der Waals surface area contributed by atoms with E-state index in [2.05, 4.69) is 21.1 Å². The smallest absolute Gasteiger partial charge is 0.302 e. The number of esters is 1. The molecule has 1 aliphatic rings. The zero-order valence-corrected chi connectivity index (χ0v) is 15.5. The number of likely N-dealkylation sites (tertiary alicyclic amines) is 1. The van der Waals surface area contributed by atoms with Gasteiger partial charge >= 0.3 is 5.97 Å². The first kappa shape index (κ1) is 18.4. The van der Waals surface area contributed by atoms with Crippen LogP contribution in [-0.2, 0) is 22.7 Å². The summed E-state index contributed by atoms with van der Waals surface area (Å²) in [7, 11) is 0. The molecule has 0 bridgehead atoms. The molecule has 0 N–H and O–H groups in total. The number of carbonyl (C=O) groups is 1. The van der Waals surface area contributed by atoms with E-state index in [1.165, 1.54) is 6.92 Å². The molecule has 1 aromatic carbocycles. The number of benzene rings is 1. The van der Waals surface area contributed by atoms with Gasteiger partial charge in [0, 0.05) is 19.0 Å². The van der Waals surface area contributed by atoms with Crippen molar-refractivity contribution in [1.29, 1.82) is 0 Å². The van der Waals surface area contributed by atoms with Gasteiger partial charge in [-0.25, -0.2) is 0 Å². The number of aromatic nitrogens is 2. The molecule has 7 heteroatoms. The van der Waals surface area contributed by atoms with Gasteiger partial charge in [-0.05, 0) is 50.9 Å². The standard InChI is InChI=1S/C19H25N3O4/c1-4-24-18-8-7-15(10-16(18)12-25-14(3)23)11-22-9-5-6-17(22)19-20-13(2)21-26-19/h7-8,10,17H,4-6,9,11-12H2,1-3H3/t17-/m0/s1. The van der Waals surface area contributed by atoms with Crippen molar-refractivity contribution in [3.8, 4) is 5.75 Å². The summed E-state index contributed by atoms with van der Waals surface area (Å²) in [6.45, 7) is 7.71. The molecular formula is C19H25N3O4. The van der Waals surface area contributed by atoms with E-state index in [0.717, 1.165) is 42.8 Å². The van der Waals surface area contributed by atoms with E-state index in [0.29, 0.717) is 18.3 Å². The van der Waals surface area contributed by atoms with Crippen LogP contribution in [0.3, 0.4) is 0 Å². The Morgan fingerprint density at radius 2 is 2.27 bits per heavy atom. The summed E-state index contributed by atoms with van der Waals surface area (Å²) in [5, 5.41) is 3.91. The molecular weight excluding hydrogens is 334 g/mol. The monoisotopic (exact) mass is 359 g/mol. The highest BCUT2D eigenvalue weighted by atomic mass is 16.5. The van der Waals surface area contributed by atoms with E-state index in [-0.39, 0.29) is 18.6 Å². The quantitative estimate of drug-likeness (QED) is 0.703. The molecule has 0 saturated carbocycles. The average Bonchev–Trinajstić information content (AvgIpc) is 3.23. The van der Waals surface area contributed by atoms with Gasteiger partial charge in [-0.3, -0.25) is 9.69 Å². The summed E-state index contributed by atoms with van der Waals surface area (Å²) >= 11 is 0. The Morgan fingerprint density at radius 1 is 1.42 bits per heavy atom. The first-order chi connectivity index (χ1) is 12.6. The van der Waals surface area contributed by atoms with Crippen molar-refractivity contribution in [3.63, 3.8) is 0 Å². The zero-order valence-electron chi connectivity index (χ0n) is 15.5. The topological polar surface area (TPSA) is 77.7 Å². The Hall–Kier alpha value is -2.41. The molecule has 0 amide bonds. The van der Waals surface area contributed by atoms with Gasteiger partial charge in [-0.2, -0.15) is 4.98 Å². The molecule has 2 heterocycles. The lowest BCUT2D eigenvalue weighted by molar-refractivity contribution is -0.142. The maximum atomic E-state index is 11.2. The maximum absolute atomic E-state index is 11.2. The highest BCUT2D eigenvalue weighted by molar-refractivity contribution is 5.66. The van der Waals surface area contributed by atoms with E-state index >= 15 is 0 Å². The molecule has 1 saturated heterocycles. The maximum Gasteiger partial charge on any atom is 0.302 e. The van der Waals surface area contributed by atoms with Crippen molar-refractivity contribution >= 4 is 5.97 Å². The molecule has 0 spiro atoms. The zero-order chi connectivity index (χ0) is 18.5. The van der Waals surface area contributed by atoms with Gasteiger partial charge in [0.1, 0.15) is 12.4 Å². The SMILES string of the molecule is CCOc1ccc(CN2CCC[C@H]2c2nc(C)no2)cc1COC(C)=O. The van der Waals surface area contributed by atoms with Gasteiger partial charge in [-0.1, -0.05) is 11.2 Å². The Labute approximate surface area is 153 Å². The van der Waals surface area contributed by atoms with Crippen molar-refractivity contribution in [2.24, 2.45) is 0 Å². The third-order valence-electron chi connectivity index (χ3n) is 4.43. The summed E-state index contributed by atoms with van der Waals surface area (Å²) in [5.41, 5.74) is 2.02. The molecule has 2 aromatic rings. The lowest BCUT2D eigenvalue weighted by atomic mass is 10.1. The normalized spacial score (nSPS) is 17.4. The van der Waals surface area contributed by atoms with E-state index in [1.807, 2.05) is 26.0 Å². The second-order valence-corrected chi connectivity index (χ2v) is 6.46. The van der Waals surface area contributed by atoms with Gasteiger partial charge in [0.25, 0.3) is 0 Å². The largest absolute Gasteiger partial charge is 0.493 e. The number of rotatable bonds is 7. The predicted octanol–water partition coefficient (Wildman–Crippen LogP) is 3.18. The van der Waals surface area contributed by atoms with Crippen molar-refractivity contribution in [3.05, 3.63) is 41.0 Å². The summed E-state index contributed by atoms with van der Waals surface area (Å²) in [6, 6.07) is 6.19. The van der Waals surface area contributed by atoms with Crippen LogP contribution in [-0.4, -0.2) is 34.2 Å². The van der Waals surface area contributed by atoms with Crippen molar-refractivity contribution in [1.82, 2.24) is 15.0 Å². The van der Waals surface area contributed by atoms with Crippen LogP contribution in [0.15, 0.2) is 22.7 Å². The number of nitrogens with zero attached hydrogens (tertiary/aromatic N) is 3. The number of ether oxygens (including phenoxy) is 2. The fourth-order valence-electron chi connectivity index (χ4n) is 3.30.